The number of nitro groups is 2. The average molecular weight is 1010 g/mol. The molecule has 6 aliphatic rings. The summed E-state index contributed by atoms with van der Waals surface area (Å²) in [6.07, 6.45) is 0. The number of para-hydroxylation sites is 2. The molecule has 0 amide bonds. The number of nitrogens with zero attached hydrogens (tertiary/aromatic N) is 4. The summed E-state index contributed by atoms with van der Waals surface area (Å²) in [6.45, 7) is 0. The summed E-state index contributed by atoms with van der Waals surface area (Å²) >= 11 is -9.16. The van der Waals surface area contributed by atoms with E-state index in [1.807, 2.05) is 121 Å². The standard InChI is InChI=1S/C54H30Ge2N4O8/c61-59(62)35-27-23-31(24-28-35)55-45-37-15-7-17-39(45)65-41-19-9-21-43(47(41)55)67-53-49(55)51(57(37)33-11-3-1-4-12-33)52-50-54(53)68-44-22-10-20-42-48(44)56(50,32-25-29-36(30-26-32)60(63)64)46-38(16-8-18-40(46)66-42)58(52)34-13-5-2-6-14-34/h1-30H. The summed E-state index contributed by atoms with van der Waals surface area (Å²) in [5.74, 6) is 5.20. The Morgan fingerprint density at radius 1 is 0.353 bits per heavy atom. The van der Waals surface area contributed by atoms with Crippen LogP contribution in [0.1, 0.15) is 0 Å². The van der Waals surface area contributed by atoms with Gasteiger partial charge in [0.25, 0.3) is 0 Å². The van der Waals surface area contributed by atoms with Gasteiger partial charge >= 0.3 is 394 Å². The quantitative estimate of drug-likeness (QED) is 0.0913. The van der Waals surface area contributed by atoms with E-state index in [1.54, 1.807) is 24.3 Å². The summed E-state index contributed by atoms with van der Waals surface area (Å²) in [7, 11) is 0. The maximum absolute atomic E-state index is 12.4. The molecule has 9 aromatic carbocycles. The predicted molar refractivity (Wildman–Crippen MR) is 264 cm³/mol. The minimum atomic E-state index is -4.58. The minimum absolute atomic E-state index is 0.00583. The van der Waals surface area contributed by atoms with Crippen molar-refractivity contribution in [2.24, 2.45) is 0 Å². The van der Waals surface area contributed by atoms with Crippen LogP contribution in [0.2, 0.25) is 0 Å². The van der Waals surface area contributed by atoms with E-state index in [9.17, 15) is 20.2 Å². The molecule has 15 rings (SSSR count). The number of nitro benzene ring substituents is 2. The molecule has 0 N–H and O–H groups in total. The van der Waals surface area contributed by atoms with Gasteiger partial charge in [0.05, 0.1) is 0 Å². The maximum atomic E-state index is 12.4. The molecule has 2 unspecified atom stereocenters. The Bertz CT molecular complexity index is 3540. The number of rotatable bonds is 6. The topological polar surface area (TPSA) is 130 Å². The molecule has 0 radical (unpaired) electrons. The van der Waals surface area contributed by atoms with Gasteiger partial charge in [-0.1, -0.05) is 0 Å². The molecule has 0 saturated carbocycles. The van der Waals surface area contributed by atoms with Crippen LogP contribution < -0.4 is 63.9 Å². The van der Waals surface area contributed by atoms with E-state index in [4.69, 9.17) is 18.9 Å². The van der Waals surface area contributed by atoms with Crippen molar-refractivity contribution in [1.29, 1.82) is 0 Å². The number of non-ortho nitro benzene ring substituents is 2. The number of ether oxygens (including phenoxy) is 4. The molecule has 68 heavy (non-hydrogen) atoms. The van der Waals surface area contributed by atoms with Crippen molar-refractivity contribution in [3.05, 3.63) is 202 Å². The van der Waals surface area contributed by atoms with Crippen LogP contribution in [0, 0.1) is 20.2 Å². The van der Waals surface area contributed by atoms with Crippen molar-refractivity contribution < 1.29 is 28.8 Å². The van der Waals surface area contributed by atoms with Crippen LogP contribution in [0.15, 0.2) is 182 Å². The second kappa shape index (κ2) is 13.2. The SMILES string of the molecule is O=[N+]([O-])c1cc[c]([Ge]23[c]4c5cccc4Oc4c6[c]7c(c([c]42)N(c2ccccc2)c2cccc([c]23)O5)N(c2ccccc2)c2cccc3[c]2[Ge]7([c]2ccc([N+](=O)[O-])cc2)[c]2c(cccc2O6)O3)cc1. The summed E-state index contributed by atoms with van der Waals surface area (Å²) < 4.78 is 36.9. The van der Waals surface area contributed by atoms with Crippen LogP contribution in [0.3, 0.4) is 0 Å². The molecule has 2 atom stereocenters. The molecule has 322 valence electrons. The zero-order valence-electron chi connectivity index (χ0n) is 35.4. The molecule has 0 bridgehead atoms. The van der Waals surface area contributed by atoms with Crippen LogP contribution >= 0.6 is 0 Å². The predicted octanol–water partition coefficient (Wildman–Crippen LogP) is 8.25. The Morgan fingerprint density at radius 3 is 1.06 bits per heavy atom. The first-order valence-corrected chi connectivity index (χ1v) is 30.5. The van der Waals surface area contributed by atoms with Gasteiger partial charge in [-0.05, 0) is 0 Å². The molecule has 0 fully saturated rings. The van der Waals surface area contributed by atoms with Crippen molar-refractivity contribution in [2.45, 2.75) is 0 Å². The van der Waals surface area contributed by atoms with Crippen molar-refractivity contribution in [3.8, 4) is 46.0 Å². The van der Waals surface area contributed by atoms with E-state index in [2.05, 4.69) is 46.2 Å². The molecule has 0 aliphatic carbocycles. The summed E-state index contributed by atoms with van der Waals surface area (Å²) in [6, 6.07) is 59.2. The second-order valence-electron chi connectivity index (χ2n) is 17.5. The molecule has 9 aromatic rings. The first-order chi connectivity index (χ1) is 33.4. The Labute approximate surface area is 391 Å². The van der Waals surface area contributed by atoms with E-state index < -0.39 is 26.5 Å². The molecule has 0 saturated heterocycles. The third-order valence-electron chi connectivity index (χ3n) is 14.4. The van der Waals surface area contributed by atoms with Crippen LogP contribution in [0.25, 0.3) is 0 Å². The van der Waals surface area contributed by atoms with Crippen LogP contribution in [0.5, 0.6) is 46.0 Å². The van der Waals surface area contributed by atoms with Gasteiger partial charge in [-0.25, -0.2) is 0 Å². The van der Waals surface area contributed by atoms with Crippen LogP contribution in [-0.4, -0.2) is 36.4 Å². The molecular weight excluding hydrogens is 978 g/mol. The van der Waals surface area contributed by atoms with Gasteiger partial charge in [-0.15, -0.1) is 0 Å². The van der Waals surface area contributed by atoms with Crippen LogP contribution in [0.4, 0.5) is 45.5 Å². The van der Waals surface area contributed by atoms with Gasteiger partial charge < -0.3 is 0 Å². The van der Waals surface area contributed by atoms with Crippen molar-refractivity contribution in [1.82, 2.24) is 0 Å². The molecule has 0 aromatic heterocycles. The Kier molecular flexibility index (Phi) is 7.33. The van der Waals surface area contributed by atoms with Crippen molar-refractivity contribution in [3.63, 3.8) is 0 Å². The number of fused-ring (bicyclic) bond motifs is 2. The zero-order chi connectivity index (χ0) is 45.2. The average Bonchev–Trinajstić information content (AvgIpc) is 3.37. The van der Waals surface area contributed by atoms with E-state index in [0.717, 1.165) is 69.3 Å². The van der Waals surface area contributed by atoms with Gasteiger partial charge in [-0.3, -0.25) is 0 Å². The summed E-state index contributed by atoms with van der Waals surface area (Å²) in [5, 5.41) is 24.7. The third-order valence-corrected chi connectivity index (χ3v) is 35.0. The van der Waals surface area contributed by atoms with E-state index >= 15 is 0 Å². The molecular formula is C54H30Ge2N4O8. The molecule has 6 heterocycles. The Hall–Kier alpha value is -8.33. The molecule has 0 spiro atoms. The summed E-state index contributed by atoms with van der Waals surface area (Å²) in [5.41, 5.74) is 5.45. The van der Waals surface area contributed by atoms with Gasteiger partial charge in [-0.2, -0.15) is 0 Å². The van der Waals surface area contributed by atoms with Gasteiger partial charge in [0.1, 0.15) is 0 Å². The molecule has 14 heteroatoms. The van der Waals surface area contributed by atoms with Gasteiger partial charge in [0.15, 0.2) is 0 Å². The second-order valence-corrected chi connectivity index (χ2v) is 32.5. The van der Waals surface area contributed by atoms with Crippen molar-refractivity contribution in [2.75, 3.05) is 9.80 Å². The summed E-state index contributed by atoms with van der Waals surface area (Å²) in [4.78, 5) is 28.7. The van der Waals surface area contributed by atoms with Crippen molar-refractivity contribution >= 4 is 107 Å². The number of benzene rings is 9. The first kappa shape index (κ1) is 37.8. The van der Waals surface area contributed by atoms with Gasteiger partial charge in [0, 0.05) is 0 Å². The third kappa shape index (κ3) is 4.46. The Balaban J connectivity index is 1.22. The fourth-order valence-corrected chi connectivity index (χ4v) is 35.0. The van der Waals surface area contributed by atoms with E-state index in [-0.39, 0.29) is 21.2 Å². The number of anilines is 6. The van der Waals surface area contributed by atoms with Gasteiger partial charge in [0.2, 0.25) is 0 Å². The number of hydrogen-bond acceptors (Lipinski definition) is 10. The molecule has 12 nitrogen and oxygen atoms in total. The fourth-order valence-electron chi connectivity index (χ4n) is 12.1. The number of hydrogen-bond donors (Lipinski definition) is 0. The molecule has 6 aliphatic heterocycles. The van der Waals surface area contributed by atoms with E-state index in [0.29, 0.717) is 46.0 Å². The Morgan fingerprint density at radius 2 is 0.691 bits per heavy atom. The van der Waals surface area contributed by atoms with E-state index in [1.165, 1.54) is 0 Å². The monoisotopic (exact) mass is 1010 g/mol. The first-order valence-electron chi connectivity index (χ1n) is 22.1. The normalized spacial score (nSPS) is 18.2. The van der Waals surface area contributed by atoms with Crippen LogP contribution in [-0.2, 0) is 0 Å². The zero-order valence-corrected chi connectivity index (χ0v) is 39.6. The fraction of sp³-hybridized carbons (Fsp3) is 0.